The van der Waals surface area contributed by atoms with E-state index in [9.17, 15) is 9.59 Å². The molecule has 1 unspecified atom stereocenters. The van der Waals surface area contributed by atoms with Gasteiger partial charge in [-0.1, -0.05) is 39.0 Å². The lowest BCUT2D eigenvalue weighted by atomic mass is 10.0. The van der Waals surface area contributed by atoms with Gasteiger partial charge in [0, 0.05) is 25.3 Å². The van der Waals surface area contributed by atoms with Gasteiger partial charge in [-0.2, -0.15) is 0 Å². The quantitative estimate of drug-likeness (QED) is 0.431. The fraction of sp³-hybridized carbons (Fsp3) is 0.867. The highest BCUT2D eigenvalue weighted by atomic mass is 35.5. The van der Waals surface area contributed by atoms with Crippen LogP contribution in [0.3, 0.4) is 0 Å². The molecule has 0 aliphatic carbocycles. The summed E-state index contributed by atoms with van der Waals surface area (Å²) in [5.41, 5.74) is 0. The van der Waals surface area contributed by atoms with Crippen molar-refractivity contribution in [1.82, 2.24) is 4.90 Å². The van der Waals surface area contributed by atoms with Crippen LogP contribution in [0.4, 0.5) is 4.79 Å². The molecule has 1 heterocycles. The molecule has 0 saturated carbocycles. The van der Waals surface area contributed by atoms with Crippen molar-refractivity contribution in [3.63, 3.8) is 0 Å². The molecule has 1 atom stereocenters. The number of hydrogen-bond acceptors (Lipinski definition) is 3. The van der Waals surface area contributed by atoms with Gasteiger partial charge in [-0.3, -0.25) is 4.79 Å². The Balaban J connectivity index is 2.16. The number of hydrogen-bond donors (Lipinski definition) is 0. The van der Waals surface area contributed by atoms with E-state index >= 15 is 0 Å². The fourth-order valence-corrected chi connectivity index (χ4v) is 2.67. The van der Waals surface area contributed by atoms with Gasteiger partial charge < -0.3 is 9.64 Å². The van der Waals surface area contributed by atoms with Crippen LogP contribution in [0.25, 0.3) is 0 Å². The van der Waals surface area contributed by atoms with Crippen molar-refractivity contribution < 1.29 is 14.3 Å². The average molecular weight is 304 g/mol. The Morgan fingerprint density at radius 2 is 2.00 bits per heavy atom. The van der Waals surface area contributed by atoms with Crippen LogP contribution < -0.4 is 0 Å². The molecule has 1 saturated heterocycles. The normalized spacial score (nSPS) is 18.4. The molecule has 1 aliphatic rings. The van der Waals surface area contributed by atoms with Crippen molar-refractivity contribution in [2.75, 3.05) is 19.0 Å². The Hall–Kier alpha value is -0.770. The molecule has 1 amide bonds. The molecule has 0 bridgehead atoms. The summed E-state index contributed by atoms with van der Waals surface area (Å²) in [6.07, 6.45) is 7.75. The molecular weight excluding hydrogens is 278 g/mol. The highest BCUT2D eigenvalue weighted by molar-refractivity contribution is 6.18. The van der Waals surface area contributed by atoms with E-state index in [1.165, 1.54) is 25.7 Å². The van der Waals surface area contributed by atoms with Crippen LogP contribution in [0.1, 0.15) is 58.3 Å². The monoisotopic (exact) mass is 303 g/mol. The number of nitrogens with zero attached hydrogens (tertiary/aromatic N) is 1. The third-order valence-corrected chi connectivity index (χ3v) is 3.84. The van der Waals surface area contributed by atoms with Gasteiger partial charge >= 0.3 is 6.09 Å². The fourth-order valence-electron chi connectivity index (χ4n) is 2.49. The second-order valence-electron chi connectivity index (χ2n) is 5.37. The molecule has 5 heteroatoms. The maximum absolute atomic E-state index is 11.9. The Bertz CT molecular complexity index is 309. The lowest BCUT2D eigenvalue weighted by molar-refractivity contribution is -0.120. The molecule has 1 aliphatic heterocycles. The standard InChI is InChI=1S/C15H26ClNO3/c1-2-3-4-5-6-7-8-14(18)11-13-12-20-15(19)17(13)10-9-16/h13H,2-12H2,1H3. The van der Waals surface area contributed by atoms with Gasteiger partial charge in [0.05, 0.1) is 6.04 Å². The summed E-state index contributed by atoms with van der Waals surface area (Å²) in [6, 6.07) is -0.117. The molecule has 1 fully saturated rings. The summed E-state index contributed by atoms with van der Waals surface area (Å²) in [5, 5.41) is 0. The molecule has 0 spiro atoms. The largest absolute Gasteiger partial charge is 0.447 e. The Kier molecular flexibility index (Phi) is 8.67. The van der Waals surface area contributed by atoms with Gasteiger partial charge in [-0.15, -0.1) is 11.6 Å². The number of Topliss-reactive ketones (excluding diaryl/α,β-unsaturated/α-hetero) is 1. The first kappa shape index (κ1) is 17.3. The van der Waals surface area contributed by atoms with Crippen molar-refractivity contribution in [3.05, 3.63) is 0 Å². The zero-order valence-corrected chi connectivity index (χ0v) is 13.2. The minimum absolute atomic E-state index is 0.117. The molecule has 1 rings (SSSR count). The number of halogens is 1. The first-order valence-electron chi connectivity index (χ1n) is 7.70. The Morgan fingerprint density at radius 1 is 1.30 bits per heavy atom. The summed E-state index contributed by atoms with van der Waals surface area (Å²) in [7, 11) is 0. The number of ether oxygens (including phenoxy) is 1. The van der Waals surface area contributed by atoms with E-state index in [1.54, 1.807) is 4.90 Å². The minimum Gasteiger partial charge on any atom is -0.447 e. The van der Waals surface area contributed by atoms with E-state index in [1.807, 2.05) is 0 Å². The number of alkyl halides is 1. The number of unbranched alkanes of at least 4 members (excludes halogenated alkanes) is 5. The van der Waals surface area contributed by atoms with Crippen molar-refractivity contribution in [3.8, 4) is 0 Å². The van der Waals surface area contributed by atoms with Crippen LogP contribution in [0.2, 0.25) is 0 Å². The van der Waals surface area contributed by atoms with Gasteiger partial charge in [-0.05, 0) is 6.42 Å². The van der Waals surface area contributed by atoms with Crippen LogP contribution >= 0.6 is 11.6 Å². The van der Waals surface area contributed by atoms with Crippen molar-refractivity contribution in [1.29, 1.82) is 0 Å². The highest BCUT2D eigenvalue weighted by Gasteiger charge is 2.33. The minimum atomic E-state index is -0.344. The van der Waals surface area contributed by atoms with E-state index in [-0.39, 0.29) is 17.9 Å². The number of carbonyl (C=O) groups is 2. The second kappa shape index (κ2) is 10.0. The molecule has 20 heavy (non-hydrogen) atoms. The number of rotatable bonds is 11. The second-order valence-corrected chi connectivity index (χ2v) is 5.75. The van der Waals surface area contributed by atoms with Gasteiger partial charge in [-0.25, -0.2) is 4.79 Å². The van der Waals surface area contributed by atoms with E-state index in [0.717, 1.165) is 12.8 Å². The summed E-state index contributed by atoms with van der Waals surface area (Å²) in [6.45, 7) is 2.97. The molecule has 4 nitrogen and oxygen atoms in total. The number of cyclic esters (lactones) is 1. The smallest absolute Gasteiger partial charge is 0.410 e. The molecular formula is C15H26ClNO3. The zero-order valence-electron chi connectivity index (χ0n) is 12.4. The van der Waals surface area contributed by atoms with E-state index in [0.29, 0.717) is 31.9 Å². The van der Waals surface area contributed by atoms with Gasteiger partial charge in [0.25, 0.3) is 0 Å². The van der Waals surface area contributed by atoms with E-state index in [2.05, 4.69) is 6.92 Å². The van der Waals surface area contributed by atoms with Crippen LogP contribution in [0.5, 0.6) is 0 Å². The number of ketones is 1. The molecule has 116 valence electrons. The van der Waals surface area contributed by atoms with Crippen molar-refractivity contribution in [2.24, 2.45) is 0 Å². The number of carbonyl (C=O) groups excluding carboxylic acids is 2. The van der Waals surface area contributed by atoms with Crippen LogP contribution in [-0.4, -0.2) is 41.8 Å². The third-order valence-electron chi connectivity index (χ3n) is 3.67. The average Bonchev–Trinajstić information content (AvgIpc) is 2.76. The topological polar surface area (TPSA) is 46.6 Å². The summed E-state index contributed by atoms with van der Waals surface area (Å²) < 4.78 is 4.98. The van der Waals surface area contributed by atoms with Gasteiger partial charge in [0.1, 0.15) is 12.4 Å². The molecule has 0 aromatic heterocycles. The molecule has 0 N–H and O–H groups in total. The number of amides is 1. The van der Waals surface area contributed by atoms with E-state index in [4.69, 9.17) is 16.3 Å². The van der Waals surface area contributed by atoms with Crippen molar-refractivity contribution in [2.45, 2.75) is 64.3 Å². The predicted molar refractivity (Wildman–Crippen MR) is 80.2 cm³/mol. The lowest BCUT2D eigenvalue weighted by Gasteiger charge is -2.19. The predicted octanol–water partition coefficient (Wildman–Crippen LogP) is 3.76. The lowest BCUT2D eigenvalue weighted by Crippen LogP contribution is -2.36. The molecule has 0 aromatic rings. The first-order chi connectivity index (χ1) is 9.69. The molecule has 0 radical (unpaired) electrons. The zero-order chi connectivity index (χ0) is 14.8. The summed E-state index contributed by atoms with van der Waals surface area (Å²) in [4.78, 5) is 24.9. The van der Waals surface area contributed by atoms with Gasteiger partial charge in [0.2, 0.25) is 0 Å². The maximum atomic E-state index is 11.9. The third kappa shape index (κ3) is 6.12. The van der Waals surface area contributed by atoms with Crippen LogP contribution in [0, 0.1) is 0 Å². The van der Waals surface area contributed by atoms with Crippen LogP contribution in [-0.2, 0) is 9.53 Å². The summed E-state index contributed by atoms with van der Waals surface area (Å²) in [5.74, 6) is 0.598. The Morgan fingerprint density at radius 3 is 2.70 bits per heavy atom. The highest BCUT2D eigenvalue weighted by Crippen LogP contribution is 2.17. The van der Waals surface area contributed by atoms with E-state index < -0.39 is 0 Å². The SMILES string of the molecule is CCCCCCCCC(=O)CC1COC(=O)N1CCCl. The molecule has 0 aromatic carbocycles. The maximum Gasteiger partial charge on any atom is 0.410 e. The summed E-state index contributed by atoms with van der Waals surface area (Å²) >= 11 is 5.66. The van der Waals surface area contributed by atoms with Crippen LogP contribution in [0.15, 0.2) is 0 Å². The van der Waals surface area contributed by atoms with Gasteiger partial charge in [0.15, 0.2) is 0 Å². The first-order valence-corrected chi connectivity index (χ1v) is 8.23. The Labute approximate surface area is 126 Å². The van der Waals surface area contributed by atoms with Crippen molar-refractivity contribution >= 4 is 23.5 Å².